The van der Waals surface area contributed by atoms with Crippen molar-refractivity contribution in [3.05, 3.63) is 47.0 Å². The van der Waals surface area contributed by atoms with Crippen LogP contribution in [0.25, 0.3) is 5.78 Å². The van der Waals surface area contributed by atoms with Crippen LogP contribution >= 0.6 is 11.6 Å². The van der Waals surface area contributed by atoms with Crippen molar-refractivity contribution < 1.29 is 22.7 Å². The molecule has 13 heteroatoms. The number of benzene rings is 1. The molecule has 194 valence electrons. The summed E-state index contributed by atoms with van der Waals surface area (Å²) in [4.78, 5) is 21.9. The highest BCUT2D eigenvalue weighted by Gasteiger charge is 2.46. The van der Waals surface area contributed by atoms with Gasteiger partial charge < -0.3 is 20.3 Å². The van der Waals surface area contributed by atoms with Crippen LogP contribution in [0.15, 0.2) is 30.5 Å². The van der Waals surface area contributed by atoms with Gasteiger partial charge >= 0.3 is 6.18 Å². The fourth-order valence-corrected chi connectivity index (χ4v) is 4.59. The Kier molecular flexibility index (Phi) is 7.67. The molecule has 3 heterocycles. The van der Waals surface area contributed by atoms with Crippen molar-refractivity contribution in [3.63, 3.8) is 0 Å². The number of fused-ring (bicyclic) bond motifs is 1. The van der Waals surface area contributed by atoms with Crippen LogP contribution in [-0.4, -0.2) is 63.8 Å². The minimum absolute atomic E-state index is 0.0226. The van der Waals surface area contributed by atoms with Crippen molar-refractivity contribution in [2.24, 2.45) is 5.92 Å². The van der Waals surface area contributed by atoms with E-state index in [0.29, 0.717) is 30.0 Å². The van der Waals surface area contributed by atoms with Gasteiger partial charge in [-0.05, 0) is 55.6 Å². The molecule has 0 bridgehead atoms. The third-order valence-corrected chi connectivity index (χ3v) is 6.47. The van der Waals surface area contributed by atoms with Crippen LogP contribution in [0.5, 0.6) is 0 Å². The Balaban J connectivity index is 1.60. The second kappa shape index (κ2) is 10.6. The molecule has 1 amide bonds. The first-order valence-corrected chi connectivity index (χ1v) is 11.8. The van der Waals surface area contributed by atoms with Gasteiger partial charge in [0.15, 0.2) is 6.04 Å². The largest absolute Gasteiger partial charge is 0.413 e. The Morgan fingerprint density at radius 1 is 1.33 bits per heavy atom. The highest BCUT2D eigenvalue weighted by Crippen LogP contribution is 2.39. The molecule has 1 unspecified atom stereocenters. The maximum Gasteiger partial charge on any atom is 0.413 e. The van der Waals surface area contributed by atoms with E-state index < -0.39 is 30.1 Å². The van der Waals surface area contributed by atoms with Crippen LogP contribution in [0.3, 0.4) is 0 Å². The van der Waals surface area contributed by atoms with Crippen LogP contribution < -0.4 is 10.6 Å². The summed E-state index contributed by atoms with van der Waals surface area (Å²) in [6.07, 6.45) is -2.20. The predicted octanol–water partition coefficient (Wildman–Crippen LogP) is 4.29. The molecule has 0 saturated carbocycles. The molecule has 4 rings (SSSR count). The number of piperidine rings is 1. The average Bonchev–Trinajstić information content (AvgIpc) is 3.24. The van der Waals surface area contributed by atoms with Crippen LogP contribution in [0.1, 0.15) is 43.2 Å². The van der Waals surface area contributed by atoms with E-state index in [2.05, 4.69) is 25.7 Å². The number of carbonyl (C=O) groups is 1. The number of carbonyl (C=O) groups excluding carboxylic acids is 1. The summed E-state index contributed by atoms with van der Waals surface area (Å²) in [6, 6.07) is 3.71. The Labute approximate surface area is 211 Å². The van der Waals surface area contributed by atoms with Gasteiger partial charge in [0.05, 0.1) is 29.6 Å². The standard InChI is InChI=1S/C23H27ClF3N7O2/c1-13(36-3)18-17(12-29-22-31-21(24)32-34(18)22)30-16-8-6-14(7-9-16)19(23(25,26)27)33(2)20(35)15-5-4-10-28-11-15/h6-9,12-13,15,19,28,30H,4-5,10-11H2,1-3H3/t13-,15?,19-/m0/s1. The summed E-state index contributed by atoms with van der Waals surface area (Å²) < 4.78 is 49.2. The van der Waals surface area contributed by atoms with Gasteiger partial charge in [-0.2, -0.15) is 22.7 Å². The van der Waals surface area contributed by atoms with Crippen molar-refractivity contribution in [1.82, 2.24) is 29.8 Å². The Morgan fingerprint density at radius 2 is 2.06 bits per heavy atom. The third kappa shape index (κ3) is 5.40. The van der Waals surface area contributed by atoms with Gasteiger partial charge in [-0.1, -0.05) is 12.1 Å². The van der Waals surface area contributed by atoms with Crippen LogP contribution in [0, 0.1) is 5.92 Å². The van der Waals surface area contributed by atoms with Gasteiger partial charge in [0.25, 0.3) is 5.78 Å². The van der Waals surface area contributed by atoms with Gasteiger partial charge in [0, 0.05) is 26.4 Å². The van der Waals surface area contributed by atoms with Gasteiger partial charge in [0.1, 0.15) is 0 Å². The monoisotopic (exact) mass is 525 g/mol. The van der Waals surface area contributed by atoms with Crippen molar-refractivity contribution >= 4 is 34.7 Å². The second-order valence-corrected chi connectivity index (χ2v) is 9.05. The fraction of sp³-hybridized carbons (Fsp3) is 0.478. The van der Waals surface area contributed by atoms with Gasteiger partial charge in [0.2, 0.25) is 11.2 Å². The molecule has 0 spiro atoms. The zero-order valence-corrected chi connectivity index (χ0v) is 20.8. The number of hydrogen-bond acceptors (Lipinski definition) is 7. The highest BCUT2D eigenvalue weighted by atomic mass is 35.5. The number of alkyl halides is 3. The summed E-state index contributed by atoms with van der Waals surface area (Å²) >= 11 is 5.93. The molecule has 1 aliphatic rings. The van der Waals surface area contributed by atoms with Gasteiger partial charge in [-0.25, -0.2) is 4.98 Å². The first kappa shape index (κ1) is 26.1. The molecule has 3 atom stereocenters. The van der Waals surface area contributed by atoms with E-state index in [1.165, 1.54) is 49.1 Å². The number of ether oxygens (including phenoxy) is 1. The number of anilines is 2. The number of nitrogens with one attached hydrogen (secondary N) is 2. The van der Waals surface area contributed by atoms with E-state index in [0.717, 1.165) is 17.9 Å². The Bertz CT molecular complexity index is 1210. The first-order valence-electron chi connectivity index (χ1n) is 11.4. The van der Waals surface area contributed by atoms with E-state index >= 15 is 0 Å². The lowest BCUT2D eigenvalue weighted by Crippen LogP contribution is -2.46. The molecule has 1 aliphatic heterocycles. The molecule has 36 heavy (non-hydrogen) atoms. The van der Waals surface area contributed by atoms with E-state index in [4.69, 9.17) is 16.3 Å². The number of rotatable bonds is 7. The van der Waals surface area contributed by atoms with Crippen LogP contribution in [0.2, 0.25) is 5.28 Å². The summed E-state index contributed by atoms with van der Waals surface area (Å²) in [5.41, 5.74) is 1.60. The third-order valence-electron chi connectivity index (χ3n) is 6.31. The van der Waals surface area contributed by atoms with Gasteiger partial charge in [-0.3, -0.25) is 4.79 Å². The Hall–Kier alpha value is -2.96. The summed E-state index contributed by atoms with van der Waals surface area (Å²) in [5.74, 6) is -0.701. The van der Waals surface area contributed by atoms with Crippen molar-refractivity contribution in [2.75, 3.05) is 32.6 Å². The number of hydrogen-bond donors (Lipinski definition) is 2. The van der Waals surface area contributed by atoms with E-state index in [-0.39, 0.29) is 16.6 Å². The van der Waals surface area contributed by atoms with E-state index in [1.54, 1.807) is 6.92 Å². The summed E-state index contributed by atoms with van der Waals surface area (Å²) in [6.45, 7) is 2.96. The summed E-state index contributed by atoms with van der Waals surface area (Å²) in [7, 11) is 2.75. The van der Waals surface area contributed by atoms with Crippen LogP contribution in [0.4, 0.5) is 24.5 Å². The van der Waals surface area contributed by atoms with Crippen LogP contribution in [-0.2, 0) is 9.53 Å². The normalized spacial score (nSPS) is 18.1. The molecule has 1 saturated heterocycles. The zero-order valence-electron chi connectivity index (χ0n) is 20.0. The number of halogens is 4. The zero-order chi connectivity index (χ0) is 26.0. The molecule has 1 fully saturated rings. The van der Waals surface area contributed by atoms with Crippen molar-refractivity contribution in [3.8, 4) is 0 Å². The number of amides is 1. The second-order valence-electron chi connectivity index (χ2n) is 8.71. The molecule has 2 aromatic heterocycles. The lowest BCUT2D eigenvalue weighted by atomic mass is 9.96. The molecule has 0 radical (unpaired) electrons. The smallest absolute Gasteiger partial charge is 0.375 e. The quantitative estimate of drug-likeness (QED) is 0.475. The lowest BCUT2D eigenvalue weighted by Gasteiger charge is -2.34. The number of nitrogens with zero attached hydrogens (tertiary/aromatic N) is 5. The molecule has 1 aromatic carbocycles. The molecular weight excluding hydrogens is 499 g/mol. The van der Waals surface area contributed by atoms with Gasteiger partial charge in [-0.15, -0.1) is 5.10 Å². The highest BCUT2D eigenvalue weighted by molar-refractivity contribution is 6.28. The molecular formula is C23H27ClF3N7O2. The maximum absolute atomic E-state index is 14.1. The first-order chi connectivity index (χ1) is 17.1. The lowest BCUT2D eigenvalue weighted by molar-refractivity contribution is -0.190. The topological polar surface area (TPSA) is 96.7 Å². The fourth-order valence-electron chi connectivity index (χ4n) is 4.44. The van der Waals surface area contributed by atoms with E-state index in [9.17, 15) is 18.0 Å². The predicted molar refractivity (Wildman–Crippen MR) is 128 cm³/mol. The number of methoxy groups -OCH3 is 1. The van der Waals surface area contributed by atoms with Crippen molar-refractivity contribution in [2.45, 2.75) is 38.1 Å². The Morgan fingerprint density at radius 3 is 2.67 bits per heavy atom. The molecule has 0 aliphatic carbocycles. The minimum atomic E-state index is -4.64. The molecule has 2 N–H and O–H groups in total. The van der Waals surface area contributed by atoms with E-state index in [1.807, 2.05) is 0 Å². The summed E-state index contributed by atoms with van der Waals surface area (Å²) in [5, 5.41) is 10.4. The molecule has 3 aromatic rings. The minimum Gasteiger partial charge on any atom is -0.375 e. The number of aromatic nitrogens is 4. The van der Waals surface area contributed by atoms with Crippen molar-refractivity contribution in [1.29, 1.82) is 0 Å². The molecule has 9 nitrogen and oxygen atoms in total. The SMILES string of the molecule is CO[C@@H](C)c1c(Nc2ccc([C@H](N(C)C(=O)C3CCCNC3)C(F)(F)F)cc2)cnc2nc(Cl)nn12. The maximum atomic E-state index is 14.1. The average molecular weight is 526 g/mol.